The number of hydrogen-bond acceptors (Lipinski definition) is 2. The van der Waals surface area contributed by atoms with E-state index in [1.165, 1.54) is 12.1 Å². The van der Waals surface area contributed by atoms with Crippen LogP contribution < -0.4 is 0 Å². The molecule has 2 aromatic carbocycles. The number of carboxylic acid groups (broad SMARTS) is 1. The molecule has 1 aromatic heterocycles. The monoisotopic (exact) mass is 316 g/mol. The number of hydrogen-bond donors (Lipinski definition) is 2. The van der Waals surface area contributed by atoms with E-state index >= 15 is 0 Å². The van der Waals surface area contributed by atoms with Crippen molar-refractivity contribution in [2.24, 2.45) is 0 Å². The number of nitrogens with one attached hydrogen (secondary N) is 1. The van der Waals surface area contributed by atoms with Gasteiger partial charge >= 0.3 is 5.97 Å². The van der Waals surface area contributed by atoms with Crippen LogP contribution in [-0.2, 0) is 0 Å². The molecule has 118 valence electrons. The Morgan fingerprint density at radius 1 is 1.09 bits per heavy atom. The Hall–Kier alpha value is -2.76. The molecule has 6 heteroatoms. The molecule has 0 saturated carbocycles. The Labute approximate surface area is 130 Å². The smallest absolute Gasteiger partial charge is 0.337 e. The lowest BCUT2D eigenvalue weighted by Gasteiger charge is -2.07. The van der Waals surface area contributed by atoms with Gasteiger partial charge in [-0.05, 0) is 49.6 Å². The molecule has 0 aliphatic carbocycles. The molecular weight excluding hydrogens is 302 g/mol. The number of halogens is 2. The highest BCUT2D eigenvalue weighted by atomic mass is 19.1. The third-order valence-corrected chi connectivity index (χ3v) is 3.76. The molecular formula is C17H14F2N2O2. The molecule has 3 rings (SSSR count). The van der Waals surface area contributed by atoms with E-state index in [4.69, 9.17) is 0 Å². The van der Waals surface area contributed by atoms with Crippen LogP contribution in [0.25, 0.3) is 22.4 Å². The van der Waals surface area contributed by atoms with Crippen LogP contribution in [-0.4, -0.2) is 21.0 Å². The number of imidazole rings is 1. The molecule has 1 heterocycles. The van der Waals surface area contributed by atoms with Crippen LogP contribution in [0.15, 0.2) is 18.2 Å². The summed E-state index contributed by atoms with van der Waals surface area (Å²) in [6.07, 6.45) is 0. The van der Waals surface area contributed by atoms with Gasteiger partial charge in [-0.1, -0.05) is 6.07 Å². The number of aryl methyl sites for hydroxylation is 3. The van der Waals surface area contributed by atoms with Crippen LogP contribution in [0, 0.1) is 32.4 Å². The Balaban J connectivity index is 2.35. The Bertz CT molecular complexity index is 935. The maximum Gasteiger partial charge on any atom is 0.337 e. The van der Waals surface area contributed by atoms with Gasteiger partial charge in [-0.15, -0.1) is 0 Å². The molecule has 2 N–H and O–H groups in total. The number of benzene rings is 2. The average Bonchev–Trinajstić information content (AvgIpc) is 2.87. The van der Waals surface area contributed by atoms with E-state index in [2.05, 4.69) is 9.97 Å². The number of H-pyrrole nitrogens is 1. The van der Waals surface area contributed by atoms with Gasteiger partial charge in [0.05, 0.1) is 16.6 Å². The first-order valence-electron chi connectivity index (χ1n) is 6.98. The van der Waals surface area contributed by atoms with E-state index in [0.717, 1.165) is 0 Å². The second kappa shape index (κ2) is 5.15. The average molecular weight is 316 g/mol. The molecule has 23 heavy (non-hydrogen) atoms. The molecule has 4 nitrogen and oxygen atoms in total. The zero-order chi connectivity index (χ0) is 16.9. The van der Waals surface area contributed by atoms with Gasteiger partial charge in [0.2, 0.25) is 0 Å². The molecule has 0 aliphatic rings. The molecule has 0 radical (unpaired) electrons. The second-order valence-corrected chi connectivity index (χ2v) is 5.61. The minimum Gasteiger partial charge on any atom is -0.478 e. The molecule has 0 fully saturated rings. The predicted octanol–water partition coefficient (Wildman–Crippen LogP) is 4.13. The maximum absolute atomic E-state index is 14.4. The van der Waals surface area contributed by atoms with Gasteiger partial charge in [0.15, 0.2) is 0 Å². The minimum atomic E-state index is -1.14. The first-order chi connectivity index (χ1) is 10.8. The number of carboxylic acids is 1. The summed E-state index contributed by atoms with van der Waals surface area (Å²) in [6.45, 7) is 4.83. The summed E-state index contributed by atoms with van der Waals surface area (Å²) in [5.41, 5.74) is 1.64. The first-order valence-corrected chi connectivity index (χ1v) is 6.98. The molecule has 0 aliphatic heterocycles. The largest absolute Gasteiger partial charge is 0.478 e. The van der Waals surface area contributed by atoms with Crippen molar-refractivity contribution in [3.8, 4) is 11.4 Å². The van der Waals surface area contributed by atoms with Crippen molar-refractivity contribution in [2.75, 3.05) is 0 Å². The van der Waals surface area contributed by atoms with Crippen molar-refractivity contribution in [1.82, 2.24) is 9.97 Å². The van der Waals surface area contributed by atoms with Gasteiger partial charge in [0, 0.05) is 0 Å². The number of rotatable bonds is 2. The number of aromatic nitrogens is 2. The van der Waals surface area contributed by atoms with E-state index < -0.39 is 17.6 Å². The highest BCUT2D eigenvalue weighted by molar-refractivity contribution is 6.02. The van der Waals surface area contributed by atoms with Crippen molar-refractivity contribution in [1.29, 1.82) is 0 Å². The van der Waals surface area contributed by atoms with E-state index in [-0.39, 0.29) is 22.5 Å². The maximum atomic E-state index is 14.4. The molecule has 3 aromatic rings. The number of fused-ring (bicyclic) bond motifs is 1. The zero-order valence-electron chi connectivity index (χ0n) is 12.8. The summed E-state index contributed by atoms with van der Waals surface area (Å²) in [7, 11) is 0. The fourth-order valence-electron chi connectivity index (χ4n) is 2.69. The molecule has 0 amide bonds. The third kappa shape index (κ3) is 2.36. The van der Waals surface area contributed by atoms with Crippen LogP contribution in [0.3, 0.4) is 0 Å². The molecule has 0 spiro atoms. The lowest BCUT2D eigenvalue weighted by atomic mass is 10.0. The van der Waals surface area contributed by atoms with Gasteiger partial charge in [-0.3, -0.25) is 0 Å². The predicted molar refractivity (Wildman–Crippen MR) is 82.6 cm³/mol. The summed E-state index contributed by atoms with van der Waals surface area (Å²) in [6, 6.07) is 4.59. The topological polar surface area (TPSA) is 66.0 Å². The van der Waals surface area contributed by atoms with Crippen molar-refractivity contribution in [2.45, 2.75) is 20.8 Å². The van der Waals surface area contributed by atoms with E-state index in [0.29, 0.717) is 22.2 Å². The third-order valence-electron chi connectivity index (χ3n) is 3.76. The van der Waals surface area contributed by atoms with Gasteiger partial charge < -0.3 is 10.1 Å². The van der Waals surface area contributed by atoms with Crippen LogP contribution in [0.4, 0.5) is 8.78 Å². The summed E-state index contributed by atoms with van der Waals surface area (Å²) in [5.74, 6) is -2.57. The Morgan fingerprint density at radius 3 is 2.26 bits per heavy atom. The summed E-state index contributed by atoms with van der Waals surface area (Å²) < 4.78 is 28.8. The number of nitrogens with zero attached hydrogens (tertiary/aromatic N) is 1. The van der Waals surface area contributed by atoms with Crippen LogP contribution >= 0.6 is 0 Å². The van der Waals surface area contributed by atoms with Crippen molar-refractivity contribution in [3.05, 3.63) is 52.1 Å². The van der Waals surface area contributed by atoms with Gasteiger partial charge in [-0.2, -0.15) is 0 Å². The highest BCUT2D eigenvalue weighted by Gasteiger charge is 2.21. The standard InChI is InChI=1S/C17H14F2N2O2/c1-7-4-10(17(22)23)15-11(5-7)20-16(21-15)12-13(18)8(2)6-9(3)14(12)19/h4-6H,1-3H3,(H,20,21)(H,22,23). The lowest BCUT2D eigenvalue weighted by Crippen LogP contribution is -1.99. The molecule has 0 unspecified atom stereocenters. The summed E-state index contributed by atoms with van der Waals surface area (Å²) in [4.78, 5) is 18.3. The summed E-state index contributed by atoms with van der Waals surface area (Å²) >= 11 is 0. The SMILES string of the molecule is Cc1cc(C(=O)O)c2nc(-c3c(F)c(C)cc(C)c3F)[nH]c2c1. The Morgan fingerprint density at radius 2 is 1.70 bits per heavy atom. The van der Waals surface area contributed by atoms with Crippen molar-refractivity contribution < 1.29 is 18.7 Å². The van der Waals surface area contributed by atoms with Crippen LogP contribution in [0.1, 0.15) is 27.0 Å². The number of aromatic carboxylic acids is 1. The number of carbonyl (C=O) groups is 1. The van der Waals surface area contributed by atoms with Crippen molar-refractivity contribution >= 4 is 17.0 Å². The van der Waals surface area contributed by atoms with E-state index in [1.807, 2.05) is 0 Å². The molecule has 0 atom stereocenters. The number of aromatic amines is 1. The fraction of sp³-hybridized carbons (Fsp3) is 0.176. The zero-order valence-corrected chi connectivity index (χ0v) is 12.8. The molecule has 0 saturated heterocycles. The van der Waals surface area contributed by atoms with Crippen molar-refractivity contribution in [3.63, 3.8) is 0 Å². The summed E-state index contributed by atoms with van der Waals surface area (Å²) in [5, 5.41) is 9.28. The van der Waals surface area contributed by atoms with Gasteiger partial charge in [0.25, 0.3) is 0 Å². The lowest BCUT2D eigenvalue weighted by molar-refractivity contribution is 0.0698. The highest BCUT2D eigenvalue weighted by Crippen LogP contribution is 2.31. The van der Waals surface area contributed by atoms with Crippen LogP contribution in [0.5, 0.6) is 0 Å². The fourth-order valence-corrected chi connectivity index (χ4v) is 2.69. The van der Waals surface area contributed by atoms with E-state index in [9.17, 15) is 18.7 Å². The first kappa shape index (κ1) is 15.1. The van der Waals surface area contributed by atoms with E-state index in [1.54, 1.807) is 26.8 Å². The van der Waals surface area contributed by atoms with Crippen LogP contribution in [0.2, 0.25) is 0 Å². The normalized spacial score (nSPS) is 11.2. The minimum absolute atomic E-state index is 0.00677. The van der Waals surface area contributed by atoms with Gasteiger partial charge in [0.1, 0.15) is 23.0 Å². The van der Waals surface area contributed by atoms with Gasteiger partial charge in [-0.25, -0.2) is 18.6 Å². The quantitative estimate of drug-likeness (QED) is 0.747. The molecule has 0 bridgehead atoms. The Kier molecular flexibility index (Phi) is 3.39. The second-order valence-electron chi connectivity index (χ2n) is 5.61.